The number of aliphatic carboxylic acids is 1. The minimum absolute atomic E-state index is 0.0382. The van der Waals surface area contributed by atoms with Gasteiger partial charge < -0.3 is 30.4 Å². The number of hydrogen-bond donors (Lipinski definition) is 3. The molecule has 0 radical (unpaired) electrons. The highest BCUT2D eigenvalue weighted by Crippen LogP contribution is 2.75. The number of esters is 2. The second-order valence-electron chi connectivity index (χ2n) is 16.6. The molecule has 4 N–H and O–H groups in total. The first-order chi connectivity index (χ1) is 21.0. The van der Waals surface area contributed by atoms with Crippen LogP contribution in [0.3, 0.4) is 0 Å². The molecule has 3 saturated carbocycles. The number of nitrogens with two attached hydrogens (primary N) is 1. The number of rotatable bonds is 9. The van der Waals surface area contributed by atoms with E-state index in [4.69, 9.17) is 19.9 Å². The van der Waals surface area contributed by atoms with Crippen molar-refractivity contribution in [1.29, 1.82) is 0 Å². The Balaban J connectivity index is 1.55. The standard InChI is InChI=1S/C36H58N2O7/c1-21(2)22(3)32(5)13-14-34(7)24-9-10-27-33(6)19-43-20-36(27,25(24)11-12-35(34,8)29(32)31(41)42)17-26(44-23(4)39)30(33)45-28(40)18-38-16-15-37/h11,21-22,24,26-27,29-30,38H,9-10,12-20,37H2,1-8H3,(H,41,42)/t22-,24+,26-,27+,29-,30+,32-,33-,34-,35+,36+/m1/s1. The van der Waals surface area contributed by atoms with Crippen LogP contribution in [0.4, 0.5) is 0 Å². The van der Waals surface area contributed by atoms with Crippen LogP contribution >= 0.6 is 0 Å². The highest BCUT2D eigenvalue weighted by atomic mass is 16.6. The average molecular weight is 631 g/mol. The molecule has 0 aromatic carbocycles. The smallest absolute Gasteiger partial charge is 0.320 e. The second-order valence-corrected chi connectivity index (χ2v) is 16.6. The Hall–Kier alpha value is -1.97. The van der Waals surface area contributed by atoms with E-state index in [0.717, 1.165) is 25.7 Å². The third-order valence-electron chi connectivity index (χ3n) is 14.2. The zero-order valence-corrected chi connectivity index (χ0v) is 28.9. The maximum atomic E-state index is 13.3. The Morgan fingerprint density at radius 3 is 2.40 bits per heavy atom. The molecule has 5 aliphatic rings. The number of carboxylic acid groups (broad SMARTS) is 1. The average Bonchev–Trinajstić information content (AvgIpc) is 2.95. The van der Waals surface area contributed by atoms with Gasteiger partial charge in [-0.15, -0.1) is 0 Å². The normalized spacial score (nSPS) is 44.5. The maximum Gasteiger partial charge on any atom is 0.320 e. The van der Waals surface area contributed by atoms with E-state index in [0.29, 0.717) is 45.1 Å². The molecule has 45 heavy (non-hydrogen) atoms. The van der Waals surface area contributed by atoms with Gasteiger partial charge in [0.1, 0.15) is 12.2 Å². The van der Waals surface area contributed by atoms with Gasteiger partial charge in [0.15, 0.2) is 0 Å². The summed E-state index contributed by atoms with van der Waals surface area (Å²) in [5.74, 6) is -0.853. The SMILES string of the molecule is CC(=O)O[C@@H]1C[C@@]23COC[C@](C)([C@@H]2CC[C@H]2C3=CC[C@@]3(C)[C@H](C(=O)O)[C@@](C)([C@H](C)C(C)C)CC[C@]23C)[C@H]1OC(=O)CNCCN. The minimum atomic E-state index is -0.672. The topological polar surface area (TPSA) is 137 Å². The van der Waals surface area contributed by atoms with Crippen LogP contribution in [0.2, 0.25) is 0 Å². The maximum absolute atomic E-state index is 13.3. The Bertz CT molecular complexity index is 1220. The van der Waals surface area contributed by atoms with Gasteiger partial charge in [0.25, 0.3) is 0 Å². The molecule has 0 amide bonds. The fourth-order valence-electron chi connectivity index (χ4n) is 11.6. The van der Waals surface area contributed by atoms with Crippen LogP contribution in [0.1, 0.15) is 93.9 Å². The summed E-state index contributed by atoms with van der Waals surface area (Å²) in [4.78, 5) is 38.8. The van der Waals surface area contributed by atoms with Gasteiger partial charge in [-0.25, -0.2) is 0 Å². The summed E-state index contributed by atoms with van der Waals surface area (Å²) in [6, 6.07) is 0. The van der Waals surface area contributed by atoms with Gasteiger partial charge in [0, 0.05) is 30.8 Å². The van der Waals surface area contributed by atoms with Gasteiger partial charge in [-0.1, -0.05) is 60.1 Å². The van der Waals surface area contributed by atoms with E-state index in [-0.39, 0.29) is 52.5 Å². The summed E-state index contributed by atoms with van der Waals surface area (Å²) in [5.41, 5.74) is 5.11. The molecule has 5 rings (SSSR count). The van der Waals surface area contributed by atoms with Crippen molar-refractivity contribution in [2.75, 3.05) is 32.8 Å². The molecule has 11 atom stereocenters. The molecule has 1 aliphatic heterocycles. The fourth-order valence-corrected chi connectivity index (χ4v) is 11.6. The second kappa shape index (κ2) is 11.9. The lowest BCUT2D eigenvalue weighted by Crippen LogP contribution is -2.70. The number of nitrogens with one attached hydrogen (secondary N) is 1. The molecule has 0 spiro atoms. The third-order valence-corrected chi connectivity index (χ3v) is 14.2. The molecule has 4 fully saturated rings. The Labute approximate surface area is 269 Å². The number of carbonyl (C=O) groups excluding carboxylic acids is 2. The Morgan fingerprint density at radius 2 is 1.78 bits per heavy atom. The molecule has 0 unspecified atom stereocenters. The van der Waals surface area contributed by atoms with Gasteiger partial charge in [0.05, 0.1) is 25.7 Å². The number of ether oxygens (including phenoxy) is 3. The number of carboxylic acids is 1. The minimum Gasteiger partial charge on any atom is -0.481 e. The lowest BCUT2D eigenvalue weighted by atomic mass is 9.34. The molecular weight excluding hydrogens is 572 g/mol. The van der Waals surface area contributed by atoms with Gasteiger partial charge >= 0.3 is 17.9 Å². The van der Waals surface area contributed by atoms with E-state index < -0.39 is 34.9 Å². The summed E-state index contributed by atoms with van der Waals surface area (Å²) in [6.07, 6.45) is 6.13. The zero-order chi connectivity index (χ0) is 33.2. The van der Waals surface area contributed by atoms with E-state index in [1.807, 2.05) is 0 Å². The molecule has 9 heteroatoms. The van der Waals surface area contributed by atoms with Crippen LogP contribution in [-0.4, -0.2) is 68.1 Å². The van der Waals surface area contributed by atoms with Crippen molar-refractivity contribution in [2.45, 2.75) is 106 Å². The van der Waals surface area contributed by atoms with Crippen molar-refractivity contribution >= 4 is 17.9 Å². The summed E-state index contributed by atoms with van der Waals surface area (Å²) in [6.45, 7) is 19.0. The first-order valence-electron chi connectivity index (χ1n) is 17.3. The van der Waals surface area contributed by atoms with Gasteiger partial charge in [-0.3, -0.25) is 14.4 Å². The molecule has 0 aromatic rings. The van der Waals surface area contributed by atoms with Gasteiger partial charge in [0.2, 0.25) is 0 Å². The predicted molar refractivity (Wildman–Crippen MR) is 171 cm³/mol. The van der Waals surface area contributed by atoms with Crippen molar-refractivity contribution in [1.82, 2.24) is 5.32 Å². The first kappa shape index (κ1) is 34.4. The van der Waals surface area contributed by atoms with Crippen LogP contribution in [-0.2, 0) is 28.6 Å². The highest BCUT2D eigenvalue weighted by molar-refractivity contribution is 5.73. The summed E-state index contributed by atoms with van der Waals surface area (Å²) < 4.78 is 18.6. The molecule has 1 saturated heterocycles. The summed E-state index contributed by atoms with van der Waals surface area (Å²) >= 11 is 0. The molecule has 4 aliphatic carbocycles. The quantitative estimate of drug-likeness (QED) is 0.183. The number of hydrogen-bond acceptors (Lipinski definition) is 8. The molecule has 1 heterocycles. The van der Waals surface area contributed by atoms with Crippen molar-refractivity contribution in [3.05, 3.63) is 11.6 Å². The van der Waals surface area contributed by atoms with Crippen molar-refractivity contribution < 1.29 is 33.7 Å². The van der Waals surface area contributed by atoms with Crippen LogP contribution in [0.5, 0.6) is 0 Å². The summed E-state index contributed by atoms with van der Waals surface area (Å²) in [5, 5.41) is 13.9. The van der Waals surface area contributed by atoms with E-state index >= 15 is 0 Å². The number of allylic oxidation sites excluding steroid dienone is 1. The van der Waals surface area contributed by atoms with Crippen molar-refractivity contribution in [2.24, 2.45) is 62.4 Å². The lowest BCUT2D eigenvalue weighted by Gasteiger charge is -2.71. The monoisotopic (exact) mass is 630 g/mol. The molecule has 254 valence electrons. The number of carbonyl (C=O) groups is 3. The Morgan fingerprint density at radius 1 is 1.07 bits per heavy atom. The van der Waals surface area contributed by atoms with Crippen molar-refractivity contribution in [3.8, 4) is 0 Å². The molecule has 0 aromatic heterocycles. The first-order valence-corrected chi connectivity index (χ1v) is 17.3. The van der Waals surface area contributed by atoms with E-state index in [9.17, 15) is 19.5 Å². The zero-order valence-electron chi connectivity index (χ0n) is 28.9. The van der Waals surface area contributed by atoms with Gasteiger partial charge in [-0.2, -0.15) is 0 Å². The predicted octanol–water partition coefficient (Wildman–Crippen LogP) is 4.97. The molecular formula is C36H58N2O7. The fraction of sp³-hybridized carbons (Fsp3) is 0.861. The van der Waals surface area contributed by atoms with E-state index in [1.165, 1.54) is 12.5 Å². The van der Waals surface area contributed by atoms with E-state index in [2.05, 4.69) is 59.9 Å². The van der Waals surface area contributed by atoms with Crippen LogP contribution in [0.25, 0.3) is 0 Å². The third kappa shape index (κ3) is 5.09. The van der Waals surface area contributed by atoms with E-state index in [1.54, 1.807) is 0 Å². The van der Waals surface area contributed by atoms with Crippen LogP contribution in [0, 0.1) is 56.7 Å². The van der Waals surface area contributed by atoms with Crippen molar-refractivity contribution in [3.63, 3.8) is 0 Å². The Kier molecular flexibility index (Phi) is 9.11. The largest absolute Gasteiger partial charge is 0.481 e. The summed E-state index contributed by atoms with van der Waals surface area (Å²) in [7, 11) is 0. The van der Waals surface area contributed by atoms with Gasteiger partial charge in [-0.05, 0) is 78.4 Å². The lowest BCUT2D eigenvalue weighted by molar-refractivity contribution is -0.262. The highest BCUT2D eigenvalue weighted by Gasteiger charge is 2.72. The molecule has 2 bridgehead atoms. The molecule has 9 nitrogen and oxygen atoms in total. The number of fused-ring (bicyclic) bond motifs is 3. The van der Waals surface area contributed by atoms with Crippen LogP contribution in [0.15, 0.2) is 11.6 Å². The van der Waals surface area contributed by atoms with Crippen LogP contribution < -0.4 is 11.1 Å².